The summed E-state index contributed by atoms with van der Waals surface area (Å²) in [7, 11) is 0. The Morgan fingerprint density at radius 2 is 2.15 bits per heavy atom. The molecule has 0 radical (unpaired) electrons. The van der Waals surface area contributed by atoms with Gasteiger partial charge in [0, 0.05) is 11.0 Å². The Bertz CT molecular complexity index is 661. The van der Waals surface area contributed by atoms with Gasteiger partial charge in [0.1, 0.15) is 0 Å². The first kappa shape index (κ1) is 14.3. The van der Waals surface area contributed by atoms with Crippen LogP contribution in [0.15, 0.2) is 32.5 Å². The topological polar surface area (TPSA) is 20.3 Å². The molecule has 0 N–H and O–H groups in total. The largest absolute Gasteiger partial charge is 0.307 e. The Morgan fingerprint density at radius 3 is 2.85 bits per heavy atom. The molecule has 0 atom stereocenters. The van der Waals surface area contributed by atoms with E-state index in [9.17, 15) is 4.79 Å². The third kappa shape index (κ3) is 2.47. The lowest BCUT2D eigenvalue weighted by molar-refractivity contribution is 0.0989. The van der Waals surface area contributed by atoms with Crippen molar-refractivity contribution in [2.24, 2.45) is 0 Å². The van der Waals surface area contributed by atoms with Crippen molar-refractivity contribution in [3.63, 3.8) is 0 Å². The lowest BCUT2D eigenvalue weighted by Crippen LogP contribution is -2.35. The Hall–Kier alpha value is -0.650. The Kier molecular flexibility index (Phi) is 4.02. The third-order valence-electron chi connectivity index (χ3n) is 3.52. The zero-order chi connectivity index (χ0) is 14.3. The Morgan fingerprint density at radius 1 is 1.35 bits per heavy atom. The van der Waals surface area contributed by atoms with Gasteiger partial charge in [0.05, 0.1) is 14.4 Å². The second-order valence-corrected chi connectivity index (χ2v) is 8.10. The molecule has 1 amide bonds. The van der Waals surface area contributed by atoms with Crippen LogP contribution in [-0.2, 0) is 6.42 Å². The van der Waals surface area contributed by atoms with Gasteiger partial charge < -0.3 is 4.90 Å². The fourth-order valence-corrected chi connectivity index (χ4v) is 4.62. The third-order valence-corrected chi connectivity index (χ3v) is 6.76. The standard InChI is InChI=1S/C15H13Br2NOS/c1-9-4-2-5-10-6-3-7-18(13(9)10)15(19)12-8-11(16)14(17)20-12/h2,4-5,8H,3,6-7H2,1H3. The van der Waals surface area contributed by atoms with E-state index in [1.54, 1.807) is 0 Å². The van der Waals surface area contributed by atoms with Crippen LogP contribution in [0.5, 0.6) is 0 Å². The zero-order valence-corrected chi connectivity index (χ0v) is 14.9. The molecule has 5 heteroatoms. The van der Waals surface area contributed by atoms with Gasteiger partial charge in [-0.25, -0.2) is 0 Å². The van der Waals surface area contributed by atoms with Crippen LogP contribution in [0.2, 0.25) is 0 Å². The number of hydrogen-bond acceptors (Lipinski definition) is 2. The average molecular weight is 415 g/mol. The molecule has 1 aromatic heterocycles. The predicted octanol–water partition coefficient (Wildman–Crippen LogP) is 5.17. The highest BCUT2D eigenvalue weighted by molar-refractivity contribution is 9.13. The van der Waals surface area contributed by atoms with E-state index in [0.717, 1.165) is 38.2 Å². The SMILES string of the molecule is Cc1cccc2c1N(C(=O)c1cc(Br)c(Br)s1)CCC2. The van der Waals surface area contributed by atoms with Gasteiger partial charge >= 0.3 is 0 Å². The molecule has 1 aliphatic heterocycles. The Balaban J connectivity index is 2.02. The van der Waals surface area contributed by atoms with Crippen LogP contribution in [0.1, 0.15) is 27.2 Å². The van der Waals surface area contributed by atoms with Crippen molar-refractivity contribution < 1.29 is 4.79 Å². The molecule has 0 spiro atoms. The fourth-order valence-electron chi connectivity index (χ4n) is 2.64. The molecule has 0 saturated carbocycles. The van der Waals surface area contributed by atoms with Crippen LogP contribution in [0.25, 0.3) is 0 Å². The van der Waals surface area contributed by atoms with Gasteiger partial charge in [0.25, 0.3) is 5.91 Å². The molecule has 1 aromatic carbocycles. The first-order valence-corrected chi connectivity index (χ1v) is 8.83. The van der Waals surface area contributed by atoms with Crippen molar-refractivity contribution in [3.8, 4) is 0 Å². The van der Waals surface area contributed by atoms with E-state index in [1.165, 1.54) is 22.5 Å². The van der Waals surface area contributed by atoms with Gasteiger partial charge in [0.15, 0.2) is 0 Å². The molecule has 0 bridgehead atoms. The van der Waals surface area contributed by atoms with Crippen molar-refractivity contribution in [1.82, 2.24) is 0 Å². The van der Waals surface area contributed by atoms with Gasteiger partial charge in [-0.05, 0) is 68.8 Å². The Labute approximate surface area is 139 Å². The second kappa shape index (κ2) is 5.62. The number of hydrogen-bond donors (Lipinski definition) is 0. The highest BCUT2D eigenvalue weighted by atomic mass is 79.9. The maximum atomic E-state index is 12.8. The molecule has 0 fully saturated rings. The molecule has 2 aromatic rings. The molecular formula is C15H13Br2NOS. The van der Waals surface area contributed by atoms with Crippen molar-refractivity contribution in [2.75, 3.05) is 11.4 Å². The highest BCUT2D eigenvalue weighted by Crippen LogP contribution is 2.36. The fraction of sp³-hybridized carbons (Fsp3) is 0.267. The van der Waals surface area contributed by atoms with E-state index in [4.69, 9.17) is 0 Å². The molecule has 2 nitrogen and oxygen atoms in total. The van der Waals surface area contributed by atoms with Crippen molar-refractivity contribution in [3.05, 3.63) is 48.5 Å². The molecular weight excluding hydrogens is 402 g/mol. The minimum atomic E-state index is 0.0941. The summed E-state index contributed by atoms with van der Waals surface area (Å²) in [6, 6.07) is 8.16. The molecule has 2 heterocycles. The molecule has 0 aliphatic carbocycles. The van der Waals surface area contributed by atoms with Crippen LogP contribution in [-0.4, -0.2) is 12.5 Å². The molecule has 104 valence electrons. The smallest absolute Gasteiger partial charge is 0.268 e. The molecule has 20 heavy (non-hydrogen) atoms. The normalized spacial score (nSPS) is 14.2. The van der Waals surface area contributed by atoms with Gasteiger partial charge in [-0.15, -0.1) is 11.3 Å². The molecule has 0 saturated heterocycles. The number of halogens is 2. The van der Waals surface area contributed by atoms with Crippen LogP contribution in [0.3, 0.4) is 0 Å². The van der Waals surface area contributed by atoms with Crippen LogP contribution >= 0.6 is 43.2 Å². The van der Waals surface area contributed by atoms with E-state index < -0.39 is 0 Å². The number of thiophene rings is 1. The maximum absolute atomic E-state index is 12.8. The highest BCUT2D eigenvalue weighted by Gasteiger charge is 2.26. The summed E-state index contributed by atoms with van der Waals surface area (Å²) in [5.41, 5.74) is 3.55. The number of benzene rings is 1. The van der Waals surface area contributed by atoms with Gasteiger partial charge in [-0.3, -0.25) is 4.79 Å². The van der Waals surface area contributed by atoms with Crippen molar-refractivity contribution in [1.29, 1.82) is 0 Å². The van der Waals surface area contributed by atoms with Crippen molar-refractivity contribution >= 4 is 54.8 Å². The van der Waals surface area contributed by atoms with E-state index in [-0.39, 0.29) is 5.91 Å². The number of amides is 1. The number of aryl methyl sites for hydroxylation is 2. The van der Waals surface area contributed by atoms with E-state index in [2.05, 4.69) is 57.0 Å². The summed E-state index contributed by atoms with van der Waals surface area (Å²) in [6.45, 7) is 2.87. The number of fused-ring (bicyclic) bond motifs is 1. The summed E-state index contributed by atoms with van der Waals surface area (Å²) in [5, 5.41) is 0. The first-order chi connectivity index (χ1) is 9.58. The van der Waals surface area contributed by atoms with Gasteiger partial charge in [-0.1, -0.05) is 18.2 Å². The lowest BCUT2D eigenvalue weighted by Gasteiger charge is -2.30. The summed E-state index contributed by atoms with van der Waals surface area (Å²) in [5.74, 6) is 0.0941. The monoisotopic (exact) mass is 413 g/mol. The second-order valence-electron chi connectivity index (χ2n) is 4.88. The minimum absolute atomic E-state index is 0.0941. The molecule has 1 aliphatic rings. The number of rotatable bonds is 1. The molecule has 0 unspecified atom stereocenters. The van der Waals surface area contributed by atoms with E-state index >= 15 is 0 Å². The summed E-state index contributed by atoms with van der Waals surface area (Å²) in [6.07, 6.45) is 2.08. The lowest BCUT2D eigenvalue weighted by atomic mass is 9.98. The maximum Gasteiger partial charge on any atom is 0.268 e. The number of para-hydroxylation sites is 1. The van der Waals surface area contributed by atoms with Crippen LogP contribution in [0.4, 0.5) is 5.69 Å². The number of nitrogens with zero attached hydrogens (tertiary/aromatic N) is 1. The summed E-state index contributed by atoms with van der Waals surface area (Å²) < 4.78 is 1.90. The van der Waals surface area contributed by atoms with E-state index in [0.29, 0.717) is 0 Å². The zero-order valence-electron chi connectivity index (χ0n) is 11.0. The summed E-state index contributed by atoms with van der Waals surface area (Å²) in [4.78, 5) is 15.5. The van der Waals surface area contributed by atoms with Crippen LogP contribution < -0.4 is 4.90 Å². The molecule has 3 rings (SSSR count). The van der Waals surface area contributed by atoms with Crippen molar-refractivity contribution in [2.45, 2.75) is 19.8 Å². The van der Waals surface area contributed by atoms with E-state index in [1.807, 2.05) is 11.0 Å². The first-order valence-electron chi connectivity index (χ1n) is 6.43. The number of carbonyl (C=O) groups is 1. The van der Waals surface area contributed by atoms with Crippen LogP contribution in [0, 0.1) is 6.92 Å². The number of carbonyl (C=O) groups excluding carboxylic acids is 1. The quantitative estimate of drug-likeness (QED) is 0.629. The van der Waals surface area contributed by atoms with Gasteiger partial charge in [-0.2, -0.15) is 0 Å². The number of anilines is 1. The summed E-state index contributed by atoms with van der Waals surface area (Å²) >= 11 is 8.38. The predicted molar refractivity (Wildman–Crippen MR) is 90.9 cm³/mol. The van der Waals surface area contributed by atoms with Gasteiger partial charge in [0.2, 0.25) is 0 Å². The average Bonchev–Trinajstić information content (AvgIpc) is 2.78. The minimum Gasteiger partial charge on any atom is -0.307 e.